The summed E-state index contributed by atoms with van der Waals surface area (Å²) in [5.74, 6) is -0.193. The maximum atomic E-state index is 12.7. The first-order chi connectivity index (χ1) is 14.0. The van der Waals surface area contributed by atoms with Gasteiger partial charge in [-0.05, 0) is 43.5 Å². The van der Waals surface area contributed by atoms with Crippen LogP contribution in [0.4, 0.5) is 0 Å². The number of nitrogens with one attached hydrogen (secondary N) is 1. The number of rotatable bonds is 5. The van der Waals surface area contributed by atoms with Crippen LogP contribution < -0.4 is 5.32 Å². The summed E-state index contributed by atoms with van der Waals surface area (Å²) in [5, 5.41) is 7.35. The van der Waals surface area contributed by atoms with Gasteiger partial charge in [0.1, 0.15) is 5.56 Å². The van der Waals surface area contributed by atoms with E-state index in [4.69, 9.17) is 4.98 Å². The highest BCUT2D eigenvalue weighted by atomic mass is 16.1. The number of carbonyl (C=O) groups excluding carboxylic acids is 1. The molecular weight excluding hydrogens is 362 g/mol. The predicted octanol–water partition coefficient (Wildman–Crippen LogP) is 3.57. The molecule has 4 aromatic rings. The number of aryl methyl sites for hydroxylation is 3. The number of amides is 1. The summed E-state index contributed by atoms with van der Waals surface area (Å²) < 4.78 is 1.76. The van der Waals surface area contributed by atoms with Gasteiger partial charge in [0.2, 0.25) is 0 Å². The first-order valence-corrected chi connectivity index (χ1v) is 9.59. The molecule has 0 spiro atoms. The largest absolute Gasteiger partial charge is 0.348 e. The molecule has 146 valence electrons. The molecule has 1 aromatic carbocycles. The van der Waals surface area contributed by atoms with Crippen molar-refractivity contribution in [3.05, 3.63) is 94.2 Å². The Hall–Kier alpha value is -3.54. The molecule has 0 saturated heterocycles. The van der Waals surface area contributed by atoms with Crippen molar-refractivity contribution in [1.82, 2.24) is 24.9 Å². The Bertz CT molecular complexity index is 1160. The number of carbonyl (C=O) groups is 1. The second kappa shape index (κ2) is 7.83. The van der Waals surface area contributed by atoms with Crippen molar-refractivity contribution in [3.8, 4) is 0 Å². The number of hydrogen-bond donors (Lipinski definition) is 1. The molecule has 3 heterocycles. The fourth-order valence-electron chi connectivity index (χ4n) is 3.42. The molecule has 3 aromatic heterocycles. The minimum atomic E-state index is -0.193. The topological polar surface area (TPSA) is 72.2 Å². The third kappa shape index (κ3) is 3.87. The van der Waals surface area contributed by atoms with Crippen molar-refractivity contribution in [2.24, 2.45) is 0 Å². The van der Waals surface area contributed by atoms with E-state index >= 15 is 0 Å². The summed E-state index contributed by atoms with van der Waals surface area (Å²) in [4.78, 5) is 21.5. The molecule has 0 radical (unpaired) electrons. The quantitative estimate of drug-likeness (QED) is 0.570. The van der Waals surface area contributed by atoms with Crippen molar-refractivity contribution in [3.63, 3.8) is 0 Å². The molecule has 0 saturated carbocycles. The lowest BCUT2D eigenvalue weighted by atomic mass is 10.0. The van der Waals surface area contributed by atoms with Crippen LogP contribution >= 0.6 is 0 Å². The summed E-state index contributed by atoms with van der Waals surface area (Å²) in [6.45, 7) is 6.50. The van der Waals surface area contributed by atoms with Gasteiger partial charge >= 0.3 is 0 Å². The van der Waals surface area contributed by atoms with E-state index in [0.717, 1.165) is 28.9 Å². The smallest absolute Gasteiger partial charge is 0.257 e. The number of fused-ring (bicyclic) bond motifs is 1. The number of aromatic nitrogens is 4. The molecule has 4 rings (SSSR count). The van der Waals surface area contributed by atoms with Crippen LogP contribution in [0.25, 0.3) is 5.65 Å². The average Bonchev–Trinajstić information content (AvgIpc) is 3.15. The average molecular weight is 385 g/mol. The molecule has 6 nitrogen and oxygen atoms in total. The van der Waals surface area contributed by atoms with E-state index in [1.165, 1.54) is 11.1 Å². The predicted molar refractivity (Wildman–Crippen MR) is 112 cm³/mol. The lowest BCUT2D eigenvalue weighted by Gasteiger charge is -2.12. The van der Waals surface area contributed by atoms with Gasteiger partial charge in [0.25, 0.3) is 5.91 Å². The molecule has 1 N–H and O–H groups in total. The number of nitrogens with zero attached hydrogens (tertiary/aromatic N) is 4. The van der Waals surface area contributed by atoms with Gasteiger partial charge in [-0.25, -0.2) is 9.50 Å². The zero-order chi connectivity index (χ0) is 20.4. The summed E-state index contributed by atoms with van der Waals surface area (Å²) in [6, 6.07) is 12.3. The van der Waals surface area contributed by atoms with E-state index < -0.39 is 0 Å². The Morgan fingerprint density at radius 3 is 2.55 bits per heavy atom. The zero-order valence-electron chi connectivity index (χ0n) is 16.8. The van der Waals surface area contributed by atoms with Gasteiger partial charge in [0.15, 0.2) is 5.65 Å². The van der Waals surface area contributed by atoms with Gasteiger partial charge in [0, 0.05) is 36.7 Å². The maximum absolute atomic E-state index is 12.7. The van der Waals surface area contributed by atoms with Gasteiger partial charge < -0.3 is 5.32 Å². The third-order valence-corrected chi connectivity index (χ3v) is 5.13. The van der Waals surface area contributed by atoms with Gasteiger partial charge in [-0.15, -0.1) is 0 Å². The fourth-order valence-corrected chi connectivity index (χ4v) is 3.42. The molecule has 0 unspecified atom stereocenters. The van der Waals surface area contributed by atoms with Gasteiger partial charge in [-0.2, -0.15) is 5.10 Å². The monoisotopic (exact) mass is 385 g/mol. The van der Waals surface area contributed by atoms with E-state index in [9.17, 15) is 4.79 Å². The van der Waals surface area contributed by atoms with Crippen LogP contribution in [0.15, 0.2) is 55.0 Å². The highest BCUT2D eigenvalue weighted by Crippen LogP contribution is 2.20. The Morgan fingerprint density at radius 1 is 1.03 bits per heavy atom. The molecule has 0 bridgehead atoms. The SMILES string of the molecule is Cc1ccc(Cc2c(C)nc3c(C(=O)NCc4cccnc4)cnn3c2C)cc1. The van der Waals surface area contributed by atoms with Crippen molar-refractivity contribution < 1.29 is 4.79 Å². The van der Waals surface area contributed by atoms with E-state index in [1.54, 1.807) is 23.1 Å². The lowest BCUT2D eigenvalue weighted by molar-refractivity contribution is 0.0952. The molecule has 0 aliphatic rings. The maximum Gasteiger partial charge on any atom is 0.257 e. The molecule has 1 amide bonds. The molecule has 0 aliphatic carbocycles. The van der Waals surface area contributed by atoms with Crippen molar-refractivity contribution in [2.45, 2.75) is 33.7 Å². The highest BCUT2D eigenvalue weighted by Gasteiger charge is 2.18. The second-order valence-corrected chi connectivity index (χ2v) is 7.26. The standard InChI is InChI=1S/C23H23N5O/c1-15-6-8-18(9-7-15)11-20-16(2)27-22-21(14-26-28(22)17(20)3)23(29)25-13-19-5-4-10-24-12-19/h4-10,12,14H,11,13H2,1-3H3,(H,25,29). The third-order valence-electron chi connectivity index (χ3n) is 5.13. The van der Waals surface area contributed by atoms with Crippen LogP contribution in [0.5, 0.6) is 0 Å². The number of hydrogen-bond acceptors (Lipinski definition) is 4. The van der Waals surface area contributed by atoms with Crippen LogP contribution in [0.2, 0.25) is 0 Å². The second-order valence-electron chi connectivity index (χ2n) is 7.26. The van der Waals surface area contributed by atoms with Gasteiger partial charge in [-0.3, -0.25) is 9.78 Å². The molecule has 0 aliphatic heterocycles. The van der Waals surface area contributed by atoms with Crippen LogP contribution in [0.1, 0.15) is 44.0 Å². The fraction of sp³-hybridized carbons (Fsp3) is 0.217. The van der Waals surface area contributed by atoms with E-state index in [-0.39, 0.29) is 5.91 Å². The Labute approximate surface area is 169 Å². The van der Waals surface area contributed by atoms with Crippen molar-refractivity contribution in [2.75, 3.05) is 0 Å². The van der Waals surface area contributed by atoms with Crippen LogP contribution in [0, 0.1) is 20.8 Å². The normalized spacial score (nSPS) is 11.0. The molecule has 29 heavy (non-hydrogen) atoms. The number of benzene rings is 1. The minimum absolute atomic E-state index is 0.193. The summed E-state index contributed by atoms with van der Waals surface area (Å²) in [7, 11) is 0. The first kappa shape index (κ1) is 18.8. The lowest BCUT2D eigenvalue weighted by Crippen LogP contribution is -2.23. The number of pyridine rings is 1. The Balaban J connectivity index is 1.61. The first-order valence-electron chi connectivity index (χ1n) is 9.59. The van der Waals surface area contributed by atoms with Crippen LogP contribution in [0.3, 0.4) is 0 Å². The minimum Gasteiger partial charge on any atom is -0.348 e. The van der Waals surface area contributed by atoms with E-state index in [0.29, 0.717) is 17.8 Å². The van der Waals surface area contributed by atoms with Crippen LogP contribution in [-0.4, -0.2) is 25.5 Å². The summed E-state index contributed by atoms with van der Waals surface area (Å²) in [5.41, 5.74) is 7.51. The molecule has 0 atom stereocenters. The highest BCUT2D eigenvalue weighted by molar-refractivity contribution is 5.99. The molecule has 0 fully saturated rings. The van der Waals surface area contributed by atoms with E-state index in [2.05, 4.69) is 46.6 Å². The van der Waals surface area contributed by atoms with Crippen molar-refractivity contribution in [1.29, 1.82) is 0 Å². The zero-order valence-corrected chi connectivity index (χ0v) is 16.8. The van der Waals surface area contributed by atoms with Gasteiger partial charge in [0.05, 0.1) is 6.20 Å². The Kier molecular flexibility index (Phi) is 5.08. The summed E-state index contributed by atoms with van der Waals surface area (Å²) in [6.07, 6.45) is 5.81. The van der Waals surface area contributed by atoms with Crippen LogP contribution in [-0.2, 0) is 13.0 Å². The van der Waals surface area contributed by atoms with E-state index in [1.807, 2.05) is 26.0 Å². The summed E-state index contributed by atoms with van der Waals surface area (Å²) >= 11 is 0. The van der Waals surface area contributed by atoms with Gasteiger partial charge in [-0.1, -0.05) is 35.9 Å². The Morgan fingerprint density at radius 2 is 1.83 bits per heavy atom. The molecule has 6 heteroatoms. The molecular formula is C23H23N5O. The van der Waals surface area contributed by atoms with Crippen molar-refractivity contribution >= 4 is 11.6 Å².